The number of aromatic hydroxyl groups is 1. The summed E-state index contributed by atoms with van der Waals surface area (Å²) in [6.45, 7) is 0.559. The highest BCUT2D eigenvalue weighted by atomic mass is 16.5. The van der Waals surface area contributed by atoms with Crippen LogP contribution < -0.4 is 4.74 Å². The molecule has 0 atom stereocenters. The predicted octanol–water partition coefficient (Wildman–Crippen LogP) is 1.27. The summed E-state index contributed by atoms with van der Waals surface area (Å²) in [6.07, 6.45) is 0.622. The van der Waals surface area contributed by atoms with Gasteiger partial charge in [0.15, 0.2) is 6.29 Å². The van der Waals surface area contributed by atoms with Crippen molar-refractivity contribution >= 4 is 6.29 Å². The number of benzene rings is 1. The van der Waals surface area contributed by atoms with Gasteiger partial charge in [-0.3, -0.25) is 4.79 Å². The van der Waals surface area contributed by atoms with Crippen LogP contribution in [0, 0.1) is 0 Å². The minimum Gasteiger partial charge on any atom is -0.507 e. The average Bonchev–Trinajstić information content (AvgIpc) is 2.20. The average molecular weight is 209 g/mol. The van der Waals surface area contributed by atoms with Gasteiger partial charge in [-0.25, -0.2) is 0 Å². The third-order valence-corrected chi connectivity index (χ3v) is 2.04. The Bertz CT molecular complexity index is 361. The summed E-state index contributed by atoms with van der Waals surface area (Å²) < 4.78 is 5.05. The molecule has 0 radical (unpaired) electrons. The van der Waals surface area contributed by atoms with Crippen LogP contribution in [0.25, 0.3) is 0 Å². The van der Waals surface area contributed by atoms with Crippen LogP contribution in [0.15, 0.2) is 12.1 Å². The van der Waals surface area contributed by atoms with Gasteiger partial charge in [-0.15, -0.1) is 0 Å². The highest BCUT2D eigenvalue weighted by Crippen LogP contribution is 2.27. The van der Waals surface area contributed by atoms with Crippen molar-refractivity contribution in [3.05, 3.63) is 23.3 Å². The molecule has 0 saturated heterocycles. The summed E-state index contributed by atoms with van der Waals surface area (Å²) in [5.41, 5.74) is 0.938. The van der Waals surface area contributed by atoms with E-state index in [4.69, 9.17) is 4.74 Å². The van der Waals surface area contributed by atoms with E-state index >= 15 is 0 Å². The molecule has 82 valence electrons. The largest absolute Gasteiger partial charge is 0.507 e. The first-order chi connectivity index (χ1) is 7.08. The topological polar surface area (TPSA) is 49.8 Å². The fraction of sp³-hybridized carbons (Fsp3) is 0.364. The standard InChI is InChI=1S/C11H15NO3/c1-12(2)6-8-4-10(15-3)5-9(7-13)11(8)14/h4-5,7,14H,6H2,1-3H3. The minimum absolute atomic E-state index is 0.0273. The third-order valence-electron chi connectivity index (χ3n) is 2.04. The Morgan fingerprint density at radius 2 is 2.13 bits per heavy atom. The van der Waals surface area contributed by atoms with E-state index in [1.165, 1.54) is 13.2 Å². The van der Waals surface area contributed by atoms with Crippen LogP contribution in [-0.4, -0.2) is 37.5 Å². The predicted molar refractivity (Wildman–Crippen MR) is 57.4 cm³/mol. The molecule has 0 aliphatic rings. The molecular weight excluding hydrogens is 194 g/mol. The molecule has 1 aromatic rings. The summed E-state index contributed by atoms with van der Waals surface area (Å²) in [5, 5.41) is 9.74. The van der Waals surface area contributed by atoms with Gasteiger partial charge >= 0.3 is 0 Å². The minimum atomic E-state index is 0.0273. The van der Waals surface area contributed by atoms with Gasteiger partial charge in [0.25, 0.3) is 0 Å². The molecule has 15 heavy (non-hydrogen) atoms. The number of methoxy groups -OCH3 is 1. The first-order valence-corrected chi connectivity index (χ1v) is 4.58. The number of carbonyl (C=O) groups is 1. The normalized spacial score (nSPS) is 10.4. The van der Waals surface area contributed by atoms with E-state index in [0.717, 1.165) is 0 Å². The van der Waals surface area contributed by atoms with E-state index in [1.807, 2.05) is 19.0 Å². The van der Waals surface area contributed by atoms with Crippen LogP contribution in [-0.2, 0) is 6.54 Å². The first kappa shape index (κ1) is 11.5. The zero-order valence-corrected chi connectivity index (χ0v) is 9.15. The molecule has 0 heterocycles. The number of phenols is 1. The molecule has 0 bridgehead atoms. The van der Waals surface area contributed by atoms with Gasteiger partial charge in [-0.2, -0.15) is 0 Å². The molecule has 0 aliphatic heterocycles. The van der Waals surface area contributed by atoms with Gasteiger partial charge in [0.1, 0.15) is 11.5 Å². The number of phenolic OH excluding ortho intramolecular Hbond substituents is 1. The van der Waals surface area contributed by atoms with E-state index in [9.17, 15) is 9.90 Å². The fourth-order valence-corrected chi connectivity index (χ4v) is 1.36. The molecule has 0 saturated carbocycles. The van der Waals surface area contributed by atoms with Crippen molar-refractivity contribution in [3.8, 4) is 11.5 Å². The van der Waals surface area contributed by atoms with Crippen molar-refractivity contribution in [2.75, 3.05) is 21.2 Å². The zero-order valence-electron chi connectivity index (χ0n) is 9.15. The molecule has 4 heteroatoms. The van der Waals surface area contributed by atoms with Crippen LogP contribution in [0.5, 0.6) is 11.5 Å². The Kier molecular flexibility index (Phi) is 3.68. The second-order valence-electron chi connectivity index (χ2n) is 3.58. The maximum absolute atomic E-state index is 10.7. The van der Waals surface area contributed by atoms with Crippen molar-refractivity contribution in [2.24, 2.45) is 0 Å². The molecular formula is C11H15NO3. The molecule has 0 unspecified atom stereocenters. The number of hydrogen-bond acceptors (Lipinski definition) is 4. The molecule has 1 rings (SSSR count). The number of rotatable bonds is 4. The van der Waals surface area contributed by atoms with Crippen LogP contribution in [0.3, 0.4) is 0 Å². The number of ether oxygens (including phenoxy) is 1. The molecule has 1 aromatic carbocycles. The lowest BCUT2D eigenvalue weighted by atomic mass is 10.1. The second kappa shape index (κ2) is 4.79. The Labute approximate surface area is 89.1 Å². The van der Waals surface area contributed by atoms with Crippen LogP contribution in [0.1, 0.15) is 15.9 Å². The molecule has 0 spiro atoms. The van der Waals surface area contributed by atoms with Gasteiger partial charge in [0.2, 0.25) is 0 Å². The van der Waals surface area contributed by atoms with Gasteiger partial charge in [0.05, 0.1) is 12.7 Å². The van der Waals surface area contributed by atoms with Gasteiger partial charge in [-0.1, -0.05) is 0 Å². The highest BCUT2D eigenvalue weighted by Gasteiger charge is 2.10. The number of carbonyl (C=O) groups excluding carboxylic acids is 1. The monoisotopic (exact) mass is 209 g/mol. The third kappa shape index (κ3) is 2.70. The van der Waals surface area contributed by atoms with E-state index in [2.05, 4.69) is 0 Å². The van der Waals surface area contributed by atoms with Crippen molar-refractivity contribution in [3.63, 3.8) is 0 Å². The summed E-state index contributed by atoms with van der Waals surface area (Å²) >= 11 is 0. The SMILES string of the molecule is COc1cc(C=O)c(O)c(CN(C)C)c1. The van der Waals surface area contributed by atoms with Crippen molar-refractivity contribution < 1.29 is 14.6 Å². The second-order valence-corrected chi connectivity index (χ2v) is 3.58. The van der Waals surface area contributed by atoms with Crippen LogP contribution >= 0.6 is 0 Å². The summed E-state index contributed by atoms with van der Waals surface area (Å²) in [7, 11) is 5.30. The molecule has 0 aliphatic carbocycles. The van der Waals surface area contributed by atoms with Gasteiger partial charge in [0, 0.05) is 12.1 Å². The smallest absolute Gasteiger partial charge is 0.153 e. The Hall–Kier alpha value is -1.55. The molecule has 0 aromatic heterocycles. The summed E-state index contributed by atoms with van der Waals surface area (Å²) in [6, 6.07) is 3.24. The lowest BCUT2D eigenvalue weighted by Crippen LogP contribution is -2.11. The van der Waals surface area contributed by atoms with Crippen LogP contribution in [0.4, 0.5) is 0 Å². The number of hydrogen-bond donors (Lipinski definition) is 1. The van der Waals surface area contributed by atoms with Gasteiger partial charge < -0.3 is 14.7 Å². The zero-order chi connectivity index (χ0) is 11.4. The number of nitrogens with zero attached hydrogens (tertiary/aromatic N) is 1. The van der Waals surface area contributed by atoms with Crippen molar-refractivity contribution in [1.29, 1.82) is 0 Å². The highest BCUT2D eigenvalue weighted by molar-refractivity contribution is 5.81. The van der Waals surface area contributed by atoms with E-state index in [1.54, 1.807) is 6.07 Å². The maximum atomic E-state index is 10.7. The van der Waals surface area contributed by atoms with Crippen molar-refractivity contribution in [1.82, 2.24) is 4.90 Å². The fourth-order valence-electron chi connectivity index (χ4n) is 1.36. The summed E-state index contributed by atoms with van der Waals surface area (Å²) in [5.74, 6) is 0.603. The Morgan fingerprint density at radius 3 is 2.60 bits per heavy atom. The first-order valence-electron chi connectivity index (χ1n) is 4.58. The Morgan fingerprint density at radius 1 is 1.47 bits per heavy atom. The lowest BCUT2D eigenvalue weighted by molar-refractivity contribution is 0.112. The molecule has 4 nitrogen and oxygen atoms in total. The summed E-state index contributed by atoms with van der Waals surface area (Å²) in [4.78, 5) is 12.6. The molecule has 0 amide bonds. The quantitative estimate of drug-likeness (QED) is 0.759. The lowest BCUT2D eigenvalue weighted by Gasteiger charge is -2.13. The van der Waals surface area contributed by atoms with E-state index < -0.39 is 0 Å². The van der Waals surface area contributed by atoms with Crippen LogP contribution in [0.2, 0.25) is 0 Å². The van der Waals surface area contributed by atoms with Gasteiger partial charge in [-0.05, 0) is 26.2 Å². The van der Waals surface area contributed by atoms with Crippen molar-refractivity contribution in [2.45, 2.75) is 6.54 Å². The number of aldehydes is 1. The van der Waals surface area contributed by atoms with E-state index in [-0.39, 0.29) is 11.3 Å². The van der Waals surface area contributed by atoms with E-state index in [0.29, 0.717) is 24.1 Å². The Balaban J connectivity index is 3.17. The molecule has 0 fully saturated rings. The molecule has 1 N–H and O–H groups in total. The maximum Gasteiger partial charge on any atom is 0.153 e.